The summed E-state index contributed by atoms with van der Waals surface area (Å²) in [5.74, 6) is 0. The third-order valence-electron chi connectivity index (χ3n) is 3.17. The molecule has 98 valence electrons. The van der Waals surface area contributed by atoms with Gasteiger partial charge in [-0.2, -0.15) is 0 Å². The highest BCUT2D eigenvalue weighted by Crippen LogP contribution is 2.19. The van der Waals surface area contributed by atoms with Crippen LogP contribution in [0.25, 0.3) is 11.0 Å². The van der Waals surface area contributed by atoms with Crippen LogP contribution in [0, 0.1) is 6.92 Å². The zero-order valence-electron chi connectivity index (χ0n) is 10.8. The second-order valence-electron chi connectivity index (χ2n) is 4.57. The summed E-state index contributed by atoms with van der Waals surface area (Å²) < 4.78 is 26.4. The number of hydrogen-bond acceptors (Lipinski definition) is 3. The van der Waals surface area contributed by atoms with Crippen LogP contribution in [0.1, 0.15) is 5.56 Å². The molecule has 0 unspecified atom stereocenters. The summed E-state index contributed by atoms with van der Waals surface area (Å²) in [4.78, 5) is 4.34. The van der Waals surface area contributed by atoms with Gasteiger partial charge in [0.25, 0.3) is 10.0 Å². The average molecular weight is 282 g/mol. The molecular formula is C14H11BN2O2S. The molecule has 0 aliphatic heterocycles. The number of benzene rings is 1. The predicted octanol–water partition coefficient (Wildman–Crippen LogP) is 1.38. The van der Waals surface area contributed by atoms with E-state index in [4.69, 9.17) is 7.85 Å². The first-order valence-electron chi connectivity index (χ1n) is 6.04. The molecule has 0 fully saturated rings. The highest BCUT2D eigenvalue weighted by atomic mass is 32.2. The zero-order valence-corrected chi connectivity index (χ0v) is 11.6. The van der Waals surface area contributed by atoms with Gasteiger partial charge in [0, 0.05) is 17.8 Å². The molecule has 0 amide bonds. The molecule has 0 N–H and O–H groups in total. The largest absolute Gasteiger partial charge is 0.269 e. The van der Waals surface area contributed by atoms with Crippen molar-refractivity contribution in [1.82, 2.24) is 8.96 Å². The summed E-state index contributed by atoms with van der Waals surface area (Å²) in [5, 5.41) is 0.628. The third-order valence-corrected chi connectivity index (χ3v) is 4.85. The Morgan fingerprint density at radius 3 is 2.50 bits per heavy atom. The van der Waals surface area contributed by atoms with Gasteiger partial charge in [0.2, 0.25) is 0 Å². The Labute approximate surface area is 118 Å². The Hall–Kier alpha value is -2.08. The number of pyridine rings is 1. The van der Waals surface area contributed by atoms with Crippen molar-refractivity contribution in [2.45, 2.75) is 11.8 Å². The summed E-state index contributed by atoms with van der Waals surface area (Å²) >= 11 is 0. The van der Waals surface area contributed by atoms with Crippen LogP contribution in [0.15, 0.2) is 53.7 Å². The van der Waals surface area contributed by atoms with Crippen molar-refractivity contribution in [2.24, 2.45) is 0 Å². The number of aromatic nitrogens is 2. The standard InChI is InChI=1S/C14H11BN2O2S/c1-10-2-4-11(5-3-10)20(18,19)17-9-7-12-13(15)6-8-16-14(12)17/h2-9H,1H3. The molecule has 3 aromatic rings. The van der Waals surface area contributed by atoms with Gasteiger partial charge in [-0.15, -0.1) is 0 Å². The molecule has 0 saturated heterocycles. The Morgan fingerprint density at radius 2 is 1.80 bits per heavy atom. The van der Waals surface area contributed by atoms with Crippen molar-refractivity contribution >= 4 is 34.4 Å². The van der Waals surface area contributed by atoms with Crippen LogP contribution >= 0.6 is 0 Å². The van der Waals surface area contributed by atoms with Gasteiger partial charge in [0.15, 0.2) is 5.65 Å². The molecule has 2 aromatic heterocycles. The van der Waals surface area contributed by atoms with Crippen molar-refractivity contribution in [3.05, 3.63) is 54.4 Å². The lowest BCUT2D eigenvalue weighted by Gasteiger charge is -2.07. The highest BCUT2D eigenvalue weighted by Gasteiger charge is 2.19. The predicted molar refractivity (Wildman–Crippen MR) is 78.9 cm³/mol. The second-order valence-corrected chi connectivity index (χ2v) is 6.38. The van der Waals surface area contributed by atoms with E-state index in [9.17, 15) is 8.42 Å². The zero-order chi connectivity index (χ0) is 14.3. The number of nitrogens with zero attached hydrogens (tertiary/aromatic N) is 2. The van der Waals surface area contributed by atoms with Crippen LogP contribution in [0.2, 0.25) is 0 Å². The maximum Gasteiger partial charge on any atom is 0.269 e. The minimum absolute atomic E-state index is 0.227. The first-order valence-corrected chi connectivity index (χ1v) is 7.48. The maximum atomic E-state index is 12.6. The smallest absolute Gasteiger partial charge is 0.237 e. The summed E-state index contributed by atoms with van der Waals surface area (Å²) in [5.41, 5.74) is 1.85. The SMILES string of the molecule is [B]c1ccnc2c1ccn2S(=O)(=O)c1ccc(C)cc1. The molecule has 0 bridgehead atoms. The first kappa shape index (κ1) is 12.9. The van der Waals surface area contributed by atoms with E-state index in [1.165, 1.54) is 12.4 Å². The summed E-state index contributed by atoms with van der Waals surface area (Å²) in [6, 6.07) is 10.0. The van der Waals surface area contributed by atoms with E-state index in [1.54, 1.807) is 36.4 Å². The van der Waals surface area contributed by atoms with Gasteiger partial charge in [0.1, 0.15) is 7.85 Å². The van der Waals surface area contributed by atoms with Crippen molar-refractivity contribution < 1.29 is 8.42 Å². The van der Waals surface area contributed by atoms with Crippen LogP contribution in [0.5, 0.6) is 0 Å². The normalized spacial score (nSPS) is 11.8. The molecule has 0 atom stereocenters. The van der Waals surface area contributed by atoms with Crippen LogP contribution < -0.4 is 5.46 Å². The minimum atomic E-state index is -3.66. The van der Waals surface area contributed by atoms with Crippen molar-refractivity contribution in [2.75, 3.05) is 0 Å². The van der Waals surface area contributed by atoms with Crippen molar-refractivity contribution in [1.29, 1.82) is 0 Å². The molecule has 3 rings (SSSR count). The lowest BCUT2D eigenvalue weighted by atomic mass is 9.95. The molecular weight excluding hydrogens is 271 g/mol. The average Bonchev–Trinajstić information content (AvgIpc) is 2.85. The summed E-state index contributed by atoms with van der Waals surface area (Å²) in [7, 11) is 2.17. The molecule has 0 aliphatic rings. The number of rotatable bonds is 2. The van der Waals surface area contributed by atoms with Gasteiger partial charge in [-0.1, -0.05) is 29.2 Å². The van der Waals surface area contributed by atoms with E-state index in [0.29, 0.717) is 16.5 Å². The Bertz CT molecular complexity index is 883. The molecule has 2 radical (unpaired) electrons. The maximum absolute atomic E-state index is 12.6. The molecule has 0 saturated carbocycles. The van der Waals surface area contributed by atoms with Crippen LogP contribution in [-0.4, -0.2) is 25.2 Å². The van der Waals surface area contributed by atoms with E-state index < -0.39 is 10.0 Å². The third kappa shape index (κ3) is 1.93. The summed E-state index contributed by atoms with van der Waals surface area (Å²) in [6.45, 7) is 1.91. The Kier molecular flexibility index (Phi) is 2.90. The molecule has 0 aliphatic carbocycles. The molecule has 20 heavy (non-hydrogen) atoms. The quantitative estimate of drug-likeness (QED) is 0.667. The van der Waals surface area contributed by atoms with Gasteiger partial charge < -0.3 is 0 Å². The van der Waals surface area contributed by atoms with E-state index in [-0.39, 0.29) is 4.90 Å². The Balaban J connectivity index is 2.24. The van der Waals surface area contributed by atoms with Gasteiger partial charge in [0.05, 0.1) is 4.90 Å². The van der Waals surface area contributed by atoms with Gasteiger partial charge >= 0.3 is 0 Å². The van der Waals surface area contributed by atoms with Gasteiger partial charge in [-0.05, 0) is 25.1 Å². The van der Waals surface area contributed by atoms with Gasteiger partial charge in [-0.25, -0.2) is 17.4 Å². The second kappa shape index (κ2) is 4.49. The molecule has 0 spiro atoms. The Morgan fingerprint density at radius 1 is 1.10 bits per heavy atom. The lowest BCUT2D eigenvalue weighted by Crippen LogP contribution is -2.13. The fourth-order valence-corrected chi connectivity index (χ4v) is 3.35. The fraction of sp³-hybridized carbons (Fsp3) is 0.0714. The van der Waals surface area contributed by atoms with E-state index in [0.717, 1.165) is 9.54 Å². The minimum Gasteiger partial charge on any atom is -0.237 e. The molecule has 2 heterocycles. The van der Waals surface area contributed by atoms with E-state index in [1.807, 2.05) is 6.92 Å². The first-order chi connectivity index (χ1) is 9.50. The van der Waals surface area contributed by atoms with E-state index in [2.05, 4.69) is 4.98 Å². The van der Waals surface area contributed by atoms with Crippen LogP contribution in [0.3, 0.4) is 0 Å². The number of hydrogen-bond donors (Lipinski definition) is 0. The highest BCUT2D eigenvalue weighted by molar-refractivity contribution is 7.90. The van der Waals surface area contributed by atoms with Crippen LogP contribution in [-0.2, 0) is 10.0 Å². The fourth-order valence-electron chi connectivity index (χ4n) is 2.05. The van der Waals surface area contributed by atoms with Crippen molar-refractivity contribution in [3.63, 3.8) is 0 Å². The van der Waals surface area contributed by atoms with Crippen LogP contribution in [0.4, 0.5) is 0 Å². The molecule has 4 nitrogen and oxygen atoms in total. The lowest BCUT2D eigenvalue weighted by molar-refractivity contribution is 0.589. The van der Waals surface area contributed by atoms with Gasteiger partial charge in [-0.3, -0.25) is 0 Å². The van der Waals surface area contributed by atoms with E-state index >= 15 is 0 Å². The molecule has 6 heteroatoms. The number of aryl methyl sites for hydroxylation is 1. The van der Waals surface area contributed by atoms with Crippen molar-refractivity contribution in [3.8, 4) is 0 Å². The molecule has 1 aromatic carbocycles. The number of fused-ring (bicyclic) bond motifs is 1. The summed E-state index contributed by atoms with van der Waals surface area (Å²) in [6.07, 6.45) is 2.97. The monoisotopic (exact) mass is 282 g/mol. The topological polar surface area (TPSA) is 52.0 Å².